The molecule has 9 nitrogen and oxygen atoms in total. The zero-order valence-electron chi connectivity index (χ0n) is 17.6. The van der Waals surface area contributed by atoms with Gasteiger partial charge in [-0.3, -0.25) is 19.7 Å². The Morgan fingerprint density at radius 2 is 1.76 bits per heavy atom. The standard InChI is InChI=1S/C24H21N3O6/c28-23(17-5-2-1-3-6-17)25-21(24(29)26-11-13-32-14-12-26)16-20-9-10-22(33-20)18-7-4-8-19(15-18)27(30)31/h1-10,15-16H,11-14H2,(H,25,28). The molecule has 2 heterocycles. The van der Waals surface area contributed by atoms with Crippen LogP contribution < -0.4 is 5.32 Å². The first-order valence-electron chi connectivity index (χ1n) is 10.3. The molecule has 2 aromatic carbocycles. The maximum Gasteiger partial charge on any atom is 0.270 e. The zero-order chi connectivity index (χ0) is 23.2. The number of amides is 2. The summed E-state index contributed by atoms with van der Waals surface area (Å²) < 4.78 is 11.1. The van der Waals surface area contributed by atoms with E-state index in [1.54, 1.807) is 59.5 Å². The minimum absolute atomic E-state index is 0.0562. The first kappa shape index (κ1) is 22.0. The number of non-ortho nitro benzene ring substituents is 1. The summed E-state index contributed by atoms with van der Waals surface area (Å²) in [4.78, 5) is 38.0. The highest BCUT2D eigenvalue weighted by atomic mass is 16.6. The summed E-state index contributed by atoms with van der Waals surface area (Å²) in [5, 5.41) is 13.7. The SMILES string of the molecule is O=C(NC(=Cc1ccc(-c2cccc([N+](=O)[O-])c2)o1)C(=O)N1CCOCC1)c1ccccc1. The Morgan fingerprint density at radius 3 is 2.48 bits per heavy atom. The number of carbonyl (C=O) groups excluding carboxylic acids is 2. The maximum atomic E-state index is 13.1. The first-order chi connectivity index (χ1) is 16.0. The Bertz CT molecular complexity index is 1200. The van der Waals surface area contributed by atoms with E-state index in [0.717, 1.165) is 0 Å². The van der Waals surface area contributed by atoms with Gasteiger partial charge in [-0.15, -0.1) is 0 Å². The molecule has 4 rings (SSSR count). The van der Waals surface area contributed by atoms with Crippen molar-refractivity contribution in [3.8, 4) is 11.3 Å². The van der Waals surface area contributed by atoms with Crippen molar-refractivity contribution in [3.63, 3.8) is 0 Å². The number of furan rings is 1. The number of carbonyl (C=O) groups is 2. The van der Waals surface area contributed by atoms with Gasteiger partial charge in [0.15, 0.2) is 0 Å². The molecular formula is C24H21N3O6. The van der Waals surface area contributed by atoms with Gasteiger partial charge in [0.25, 0.3) is 17.5 Å². The fourth-order valence-corrected chi connectivity index (χ4v) is 3.37. The van der Waals surface area contributed by atoms with E-state index in [1.165, 1.54) is 18.2 Å². The average molecular weight is 447 g/mol. The van der Waals surface area contributed by atoms with Crippen LogP contribution in [-0.2, 0) is 9.53 Å². The van der Waals surface area contributed by atoms with Gasteiger partial charge in [0.05, 0.1) is 18.1 Å². The maximum absolute atomic E-state index is 13.1. The van der Waals surface area contributed by atoms with Crippen LogP contribution in [0, 0.1) is 10.1 Å². The third kappa shape index (κ3) is 5.34. The third-order valence-electron chi connectivity index (χ3n) is 5.07. The topological polar surface area (TPSA) is 115 Å². The zero-order valence-corrected chi connectivity index (χ0v) is 17.6. The van der Waals surface area contributed by atoms with Crippen LogP contribution in [0.2, 0.25) is 0 Å². The first-order valence-corrected chi connectivity index (χ1v) is 10.3. The number of nitrogens with one attached hydrogen (secondary N) is 1. The van der Waals surface area contributed by atoms with Crippen LogP contribution in [-0.4, -0.2) is 47.9 Å². The Hall–Kier alpha value is -4.24. The molecule has 0 spiro atoms. The minimum atomic E-state index is -0.481. The van der Waals surface area contributed by atoms with E-state index in [-0.39, 0.29) is 17.3 Å². The molecule has 0 bridgehead atoms. The lowest BCUT2D eigenvalue weighted by atomic mass is 10.1. The largest absolute Gasteiger partial charge is 0.457 e. The van der Waals surface area contributed by atoms with Crippen molar-refractivity contribution in [2.75, 3.05) is 26.3 Å². The molecular weight excluding hydrogens is 426 g/mol. The fourth-order valence-electron chi connectivity index (χ4n) is 3.37. The van der Waals surface area contributed by atoms with E-state index >= 15 is 0 Å². The molecule has 1 saturated heterocycles. The van der Waals surface area contributed by atoms with Gasteiger partial charge < -0.3 is 19.4 Å². The highest BCUT2D eigenvalue weighted by Gasteiger charge is 2.23. The number of rotatable bonds is 6. The number of hydrogen-bond acceptors (Lipinski definition) is 6. The Balaban J connectivity index is 1.63. The van der Waals surface area contributed by atoms with Crippen molar-refractivity contribution in [2.45, 2.75) is 0 Å². The summed E-state index contributed by atoms with van der Waals surface area (Å²) in [5.41, 5.74) is 0.943. The molecule has 1 N–H and O–H groups in total. The van der Waals surface area contributed by atoms with Crippen molar-refractivity contribution >= 4 is 23.6 Å². The van der Waals surface area contributed by atoms with Gasteiger partial charge in [0.2, 0.25) is 0 Å². The molecule has 0 atom stereocenters. The van der Waals surface area contributed by atoms with E-state index in [4.69, 9.17) is 9.15 Å². The van der Waals surface area contributed by atoms with Gasteiger partial charge >= 0.3 is 0 Å². The van der Waals surface area contributed by atoms with Crippen molar-refractivity contribution in [1.29, 1.82) is 0 Å². The molecule has 1 aromatic heterocycles. The lowest BCUT2D eigenvalue weighted by Crippen LogP contribution is -2.44. The number of morpholine rings is 1. The highest BCUT2D eigenvalue weighted by Crippen LogP contribution is 2.26. The summed E-state index contributed by atoms with van der Waals surface area (Å²) in [6.07, 6.45) is 1.46. The summed E-state index contributed by atoms with van der Waals surface area (Å²) in [5.74, 6) is -0.0520. The normalized spacial score (nSPS) is 14.1. The molecule has 2 amide bonds. The summed E-state index contributed by atoms with van der Waals surface area (Å²) in [6.45, 7) is 1.66. The van der Waals surface area contributed by atoms with Crippen molar-refractivity contribution in [2.24, 2.45) is 0 Å². The highest BCUT2D eigenvalue weighted by molar-refractivity contribution is 6.05. The Kier molecular flexibility index (Phi) is 6.61. The van der Waals surface area contributed by atoms with E-state index in [1.807, 2.05) is 0 Å². The molecule has 0 radical (unpaired) electrons. The van der Waals surface area contributed by atoms with Gasteiger partial charge in [-0.2, -0.15) is 0 Å². The van der Waals surface area contributed by atoms with Crippen molar-refractivity contribution < 1.29 is 23.7 Å². The van der Waals surface area contributed by atoms with Crippen LogP contribution in [0.3, 0.4) is 0 Å². The van der Waals surface area contributed by atoms with Crippen LogP contribution in [0.1, 0.15) is 16.1 Å². The smallest absolute Gasteiger partial charge is 0.270 e. The Morgan fingerprint density at radius 1 is 1.00 bits per heavy atom. The van der Waals surface area contributed by atoms with Crippen LogP contribution in [0.4, 0.5) is 5.69 Å². The molecule has 1 aliphatic rings. The monoisotopic (exact) mass is 447 g/mol. The summed E-state index contributed by atoms with van der Waals surface area (Å²) in [7, 11) is 0. The molecule has 3 aromatic rings. The van der Waals surface area contributed by atoms with Crippen LogP contribution in [0.25, 0.3) is 17.4 Å². The lowest BCUT2D eigenvalue weighted by molar-refractivity contribution is -0.384. The second kappa shape index (κ2) is 9.92. The van der Waals surface area contributed by atoms with Gasteiger partial charge in [-0.05, 0) is 24.3 Å². The van der Waals surface area contributed by atoms with Gasteiger partial charge in [0, 0.05) is 42.4 Å². The Labute approximate surface area is 189 Å². The fraction of sp³-hybridized carbons (Fsp3) is 0.167. The van der Waals surface area contributed by atoms with E-state index in [9.17, 15) is 19.7 Å². The van der Waals surface area contributed by atoms with E-state index < -0.39 is 10.8 Å². The average Bonchev–Trinajstić information content (AvgIpc) is 3.33. The van der Waals surface area contributed by atoms with Crippen LogP contribution in [0.15, 0.2) is 76.8 Å². The lowest BCUT2D eigenvalue weighted by Gasteiger charge is -2.27. The number of nitro benzene ring substituents is 1. The number of hydrogen-bond donors (Lipinski definition) is 1. The number of nitrogens with zero attached hydrogens (tertiary/aromatic N) is 2. The minimum Gasteiger partial charge on any atom is -0.457 e. The molecule has 9 heteroatoms. The number of ether oxygens (including phenoxy) is 1. The van der Waals surface area contributed by atoms with E-state index in [2.05, 4.69) is 5.32 Å². The number of benzene rings is 2. The van der Waals surface area contributed by atoms with Gasteiger partial charge in [0.1, 0.15) is 17.2 Å². The summed E-state index contributed by atoms with van der Waals surface area (Å²) >= 11 is 0. The summed E-state index contributed by atoms with van der Waals surface area (Å²) in [6, 6.07) is 17.9. The molecule has 0 aliphatic carbocycles. The predicted molar refractivity (Wildman–Crippen MR) is 120 cm³/mol. The van der Waals surface area contributed by atoms with Crippen LogP contribution in [0.5, 0.6) is 0 Å². The molecule has 168 valence electrons. The van der Waals surface area contributed by atoms with E-state index in [0.29, 0.717) is 49.0 Å². The molecule has 0 unspecified atom stereocenters. The van der Waals surface area contributed by atoms with Crippen molar-refractivity contribution in [1.82, 2.24) is 10.2 Å². The molecule has 1 aliphatic heterocycles. The molecule has 0 saturated carbocycles. The van der Waals surface area contributed by atoms with Gasteiger partial charge in [-0.25, -0.2) is 0 Å². The second-order valence-corrected chi connectivity index (χ2v) is 7.29. The third-order valence-corrected chi connectivity index (χ3v) is 5.07. The molecule has 33 heavy (non-hydrogen) atoms. The second-order valence-electron chi connectivity index (χ2n) is 7.29. The van der Waals surface area contributed by atoms with Crippen molar-refractivity contribution in [3.05, 3.63) is 93.9 Å². The van der Waals surface area contributed by atoms with Gasteiger partial charge in [-0.1, -0.05) is 30.3 Å². The number of nitro groups is 1. The predicted octanol–water partition coefficient (Wildman–Crippen LogP) is 3.48. The quantitative estimate of drug-likeness (QED) is 0.351. The molecule has 1 fully saturated rings. The van der Waals surface area contributed by atoms with Crippen LogP contribution >= 0.6 is 0 Å².